The molecule has 144 valence electrons. The second-order valence-corrected chi connectivity index (χ2v) is 5.99. The lowest BCUT2D eigenvalue weighted by atomic mass is 10.1. The van der Waals surface area contributed by atoms with Gasteiger partial charge in [-0.1, -0.05) is 30.3 Å². The number of benzene rings is 1. The van der Waals surface area contributed by atoms with Gasteiger partial charge < -0.3 is 16.0 Å². The molecule has 0 saturated carbocycles. The molecule has 0 amide bonds. The van der Waals surface area contributed by atoms with Gasteiger partial charge in [0.25, 0.3) is 0 Å². The molecule has 0 radical (unpaired) electrons. The van der Waals surface area contributed by atoms with E-state index in [1.54, 1.807) is 12.3 Å². The van der Waals surface area contributed by atoms with E-state index in [1.165, 1.54) is 5.56 Å². The molecule has 5 heteroatoms. The van der Waals surface area contributed by atoms with E-state index in [-0.39, 0.29) is 0 Å². The Kier molecular flexibility index (Phi) is 11.8. The van der Waals surface area contributed by atoms with Crippen molar-refractivity contribution in [3.8, 4) is 6.07 Å². The lowest BCUT2D eigenvalue weighted by Crippen LogP contribution is -2.20. The average Bonchev–Trinajstić information content (AvgIpc) is 2.69. The molecule has 0 spiro atoms. The summed E-state index contributed by atoms with van der Waals surface area (Å²) in [7, 11) is 1.88. The van der Waals surface area contributed by atoms with E-state index < -0.39 is 0 Å². The van der Waals surface area contributed by atoms with Gasteiger partial charge in [-0.05, 0) is 56.1 Å². The molecule has 0 atom stereocenters. The molecule has 3 N–H and O–H groups in total. The predicted octanol–water partition coefficient (Wildman–Crippen LogP) is 4.02. The lowest BCUT2D eigenvalue weighted by Gasteiger charge is -2.11. The van der Waals surface area contributed by atoms with Crippen LogP contribution < -0.4 is 16.0 Å². The van der Waals surface area contributed by atoms with Crippen LogP contribution >= 0.6 is 0 Å². The lowest BCUT2D eigenvalue weighted by molar-refractivity contribution is 0.660. The van der Waals surface area contributed by atoms with Crippen LogP contribution in [0.3, 0.4) is 0 Å². The third-order valence-corrected chi connectivity index (χ3v) is 3.76. The van der Waals surface area contributed by atoms with Crippen LogP contribution in [0, 0.1) is 11.3 Å². The summed E-state index contributed by atoms with van der Waals surface area (Å²) in [4.78, 5) is 4.27. The van der Waals surface area contributed by atoms with Crippen LogP contribution in [-0.4, -0.2) is 31.7 Å². The topological polar surface area (TPSA) is 72.8 Å². The van der Waals surface area contributed by atoms with Gasteiger partial charge in [0.15, 0.2) is 0 Å². The van der Waals surface area contributed by atoms with Crippen LogP contribution in [0.5, 0.6) is 0 Å². The standard InChI is InChI=1S/C19H25N5.C3H6/c1-21-19-18(7-3-12-24-19)23-13-4-11-22-14-9-17-6-2-5-16(15-17)8-10-20;1-3-2/h2-3,5-7,12,15,22-23H,4,8-9,11,13-14H2,1H3,(H,21,24);3H,1H2,2H3. The van der Waals surface area contributed by atoms with E-state index in [0.29, 0.717) is 6.42 Å². The van der Waals surface area contributed by atoms with Crippen molar-refractivity contribution in [3.63, 3.8) is 0 Å². The Morgan fingerprint density at radius 3 is 2.67 bits per heavy atom. The normalized spacial score (nSPS) is 9.52. The Labute approximate surface area is 163 Å². The van der Waals surface area contributed by atoms with Crippen LogP contribution in [0.4, 0.5) is 11.5 Å². The Morgan fingerprint density at radius 1 is 1.15 bits per heavy atom. The molecule has 2 aromatic rings. The van der Waals surface area contributed by atoms with Crippen LogP contribution in [0.2, 0.25) is 0 Å². The van der Waals surface area contributed by atoms with Gasteiger partial charge in [-0.25, -0.2) is 4.98 Å². The SMILES string of the molecule is C=CC.CNc1ncccc1NCCCNCCc1cccc(CC#N)c1. The zero-order valence-electron chi connectivity index (χ0n) is 16.5. The van der Waals surface area contributed by atoms with Crippen molar-refractivity contribution < 1.29 is 0 Å². The van der Waals surface area contributed by atoms with Crippen LogP contribution in [0.25, 0.3) is 0 Å². The first-order valence-electron chi connectivity index (χ1n) is 9.34. The van der Waals surface area contributed by atoms with E-state index in [4.69, 9.17) is 5.26 Å². The number of nitrogens with one attached hydrogen (secondary N) is 3. The van der Waals surface area contributed by atoms with Gasteiger partial charge in [0.1, 0.15) is 5.82 Å². The second-order valence-electron chi connectivity index (χ2n) is 5.99. The predicted molar refractivity (Wildman–Crippen MR) is 115 cm³/mol. The smallest absolute Gasteiger partial charge is 0.149 e. The summed E-state index contributed by atoms with van der Waals surface area (Å²) in [6.45, 7) is 8.08. The summed E-state index contributed by atoms with van der Waals surface area (Å²) >= 11 is 0. The fourth-order valence-electron chi connectivity index (χ4n) is 2.53. The quantitative estimate of drug-likeness (QED) is 0.438. The van der Waals surface area contributed by atoms with Crippen molar-refractivity contribution in [2.24, 2.45) is 0 Å². The maximum atomic E-state index is 8.75. The van der Waals surface area contributed by atoms with Gasteiger partial charge in [0.05, 0.1) is 18.2 Å². The highest BCUT2D eigenvalue weighted by Gasteiger charge is 2.00. The van der Waals surface area contributed by atoms with Gasteiger partial charge in [0, 0.05) is 19.8 Å². The minimum atomic E-state index is 0.482. The molecular weight excluding hydrogens is 334 g/mol. The highest BCUT2D eigenvalue weighted by atomic mass is 15.0. The van der Waals surface area contributed by atoms with Gasteiger partial charge >= 0.3 is 0 Å². The number of hydrogen-bond donors (Lipinski definition) is 3. The monoisotopic (exact) mass is 365 g/mol. The fourth-order valence-corrected chi connectivity index (χ4v) is 2.53. The van der Waals surface area contributed by atoms with Gasteiger partial charge in [-0.3, -0.25) is 0 Å². The largest absolute Gasteiger partial charge is 0.382 e. The average molecular weight is 366 g/mol. The van der Waals surface area contributed by atoms with Crippen molar-refractivity contribution in [2.45, 2.75) is 26.2 Å². The molecule has 5 nitrogen and oxygen atoms in total. The molecule has 0 aliphatic heterocycles. The highest BCUT2D eigenvalue weighted by molar-refractivity contribution is 5.63. The summed E-state index contributed by atoms with van der Waals surface area (Å²) in [5, 5.41) is 18.7. The van der Waals surface area contributed by atoms with Crippen LogP contribution in [0.15, 0.2) is 55.3 Å². The maximum absolute atomic E-state index is 8.75. The Morgan fingerprint density at radius 2 is 1.93 bits per heavy atom. The molecule has 0 bridgehead atoms. The fraction of sp³-hybridized carbons (Fsp3) is 0.364. The zero-order chi connectivity index (χ0) is 19.7. The van der Waals surface area contributed by atoms with Crippen molar-refractivity contribution in [1.29, 1.82) is 5.26 Å². The molecule has 1 heterocycles. The number of nitriles is 1. The summed E-state index contributed by atoms with van der Waals surface area (Å²) in [6, 6.07) is 14.4. The zero-order valence-corrected chi connectivity index (χ0v) is 16.5. The van der Waals surface area contributed by atoms with Gasteiger partial charge in [-0.15, -0.1) is 6.58 Å². The first kappa shape index (κ1) is 22.2. The number of hydrogen-bond acceptors (Lipinski definition) is 5. The Bertz CT molecular complexity index is 706. The molecule has 0 saturated heterocycles. The summed E-state index contributed by atoms with van der Waals surface area (Å²) in [6.07, 6.45) is 6.05. The summed E-state index contributed by atoms with van der Waals surface area (Å²) < 4.78 is 0. The number of pyridine rings is 1. The van der Waals surface area contributed by atoms with Gasteiger partial charge in [-0.2, -0.15) is 5.26 Å². The van der Waals surface area contributed by atoms with Gasteiger partial charge in [0.2, 0.25) is 0 Å². The second kappa shape index (κ2) is 14.3. The van der Waals surface area contributed by atoms with Crippen LogP contribution in [0.1, 0.15) is 24.5 Å². The van der Waals surface area contributed by atoms with Crippen molar-refractivity contribution in [1.82, 2.24) is 10.3 Å². The number of allylic oxidation sites excluding steroid dienone is 1. The molecule has 0 aliphatic rings. The van der Waals surface area contributed by atoms with E-state index in [1.807, 2.05) is 38.2 Å². The number of anilines is 2. The minimum Gasteiger partial charge on any atom is -0.382 e. The molecule has 1 aromatic heterocycles. The van der Waals surface area contributed by atoms with Crippen molar-refractivity contribution in [3.05, 3.63) is 66.4 Å². The molecule has 27 heavy (non-hydrogen) atoms. The molecule has 0 unspecified atom stereocenters. The minimum absolute atomic E-state index is 0.482. The first-order chi connectivity index (χ1) is 13.2. The van der Waals surface area contributed by atoms with E-state index in [2.05, 4.69) is 45.7 Å². The Balaban J connectivity index is 0.00000114. The van der Waals surface area contributed by atoms with E-state index >= 15 is 0 Å². The Hall–Kier alpha value is -2.84. The number of nitrogens with zero attached hydrogens (tertiary/aromatic N) is 2. The molecule has 1 aromatic carbocycles. The summed E-state index contributed by atoms with van der Waals surface area (Å²) in [5.74, 6) is 0.878. The van der Waals surface area contributed by atoms with Crippen LogP contribution in [-0.2, 0) is 12.8 Å². The molecule has 0 fully saturated rings. The van der Waals surface area contributed by atoms with Crippen molar-refractivity contribution >= 4 is 11.5 Å². The molecule has 2 rings (SSSR count). The third kappa shape index (κ3) is 9.43. The first-order valence-corrected chi connectivity index (χ1v) is 9.34. The molecule has 0 aliphatic carbocycles. The van der Waals surface area contributed by atoms with E-state index in [0.717, 1.165) is 49.5 Å². The summed E-state index contributed by atoms with van der Waals surface area (Å²) in [5.41, 5.74) is 3.41. The van der Waals surface area contributed by atoms with E-state index in [9.17, 15) is 0 Å². The van der Waals surface area contributed by atoms with Crippen molar-refractivity contribution in [2.75, 3.05) is 37.3 Å². The highest BCUT2D eigenvalue weighted by Crippen LogP contribution is 2.16. The maximum Gasteiger partial charge on any atom is 0.149 e. The number of rotatable bonds is 10. The molecular formula is C22H31N5. The third-order valence-electron chi connectivity index (χ3n) is 3.76. The number of aromatic nitrogens is 1.